The number of nitrogens with zero attached hydrogens (tertiary/aromatic N) is 2. The SMILES string of the molecule is CCN1CC[C@H](NCc2ccnc(OCC3CC3)c2)[C@@H](C)C1. The predicted octanol–water partition coefficient (Wildman–Crippen LogP) is 2.69. The third kappa shape index (κ3) is 4.43. The summed E-state index contributed by atoms with van der Waals surface area (Å²) in [7, 11) is 0. The van der Waals surface area contributed by atoms with Gasteiger partial charge in [-0.25, -0.2) is 4.98 Å². The van der Waals surface area contributed by atoms with Crippen molar-refractivity contribution in [3.8, 4) is 5.88 Å². The molecule has 4 heteroatoms. The molecule has 2 atom stereocenters. The third-order valence-electron chi connectivity index (χ3n) is 4.97. The number of hydrogen-bond acceptors (Lipinski definition) is 4. The Bertz CT molecular complexity index is 475. The molecule has 0 spiro atoms. The van der Waals surface area contributed by atoms with Crippen molar-refractivity contribution in [2.45, 2.75) is 45.7 Å². The van der Waals surface area contributed by atoms with Crippen molar-refractivity contribution in [2.75, 3.05) is 26.2 Å². The first-order chi connectivity index (χ1) is 10.7. The highest BCUT2D eigenvalue weighted by molar-refractivity contribution is 5.20. The summed E-state index contributed by atoms with van der Waals surface area (Å²) >= 11 is 0. The third-order valence-corrected chi connectivity index (χ3v) is 4.97. The quantitative estimate of drug-likeness (QED) is 0.840. The van der Waals surface area contributed by atoms with Crippen molar-refractivity contribution in [1.29, 1.82) is 0 Å². The van der Waals surface area contributed by atoms with Gasteiger partial charge in [-0.2, -0.15) is 0 Å². The molecule has 2 aliphatic rings. The van der Waals surface area contributed by atoms with E-state index in [-0.39, 0.29) is 0 Å². The van der Waals surface area contributed by atoms with Gasteiger partial charge in [0.25, 0.3) is 0 Å². The molecule has 0 amide bonds. The van der Waals surface area contributed by atoms with E-state index in [4.69, 9.17) is 4.74 Å². The molecule has 1 saturated heterocycles. The minimum atomic E-state index is 0.617. The summed E-state index contributed by atoms with van der Waals surface area (Å²) in [5.74, 6) is 2.26. The molecule has 1 N–H and O–H groups in total. The Morgan fingerprint density at radius 1 is 1.36 bits per heavy atom. The van der Waals surface area contributed by atoms with Crippen LogP contribution in [0.25, 0.3) is 0 Å². The molecule has 3 rings (SSSR count). The number of nitrogens with one attached hydrogen (secondary N) is 1. The summed E-state index contributed by atoms with van der Waals surface area (Å²) in [6.45, 7) is 9.94. The zero-order chi connectivity index (χ0) is 15.4. The summed E-state index contributed by atoms with van der Waals surface area (Å²) in [4.78, 5) is 6.85. The van der Waals surface area contributed by atoms with E-state index in [0.717, 1.165) is 24.9 Å². The number of pyridine rings is 1. The van der Waals surface area contributed by atoms with Crippen LogP contribution < -0.4 is 10.1 Å². The molecule has 1 aromatic rings. The van der Waals surface area contributed by atoms with Gasteiger partial charge in [0.2, 0.25) is 5.88 Å². The second-order valence-corrected chi connectivity index (χ2v) is 6.90. The van der Waals surface area contributed by atoms with Gasteiger partial charge < -0.3 is 15.0 Å². The van der Waals surface area contributed by atoms with E-state index < -0.39 is 0 Å². The van der Waals surface area contributed by atoms with Crippen molar-refractivity contribution in [2.24, 2.45) is 11.8 Å². The van der Waals surface area contributed by atoms with Gasteiger partial charge >= 0.3 is 0 Å². The molecule has 4 nitrogen and oxygen atoms in total. The first-order valence-corrected chi connectivity index (χ1v) is 8.78. The standard InChI is InChI=1S/C18H29N3O/c1-3-21-9-7-17(14(2)12-21)20-11-16-6-8-19-18(10-16)22-13-15-4-5-15/h6,8,10,14-15,17,20H,3-5,7,9,11-13H2,1-2H3/t14-,17-/m0/s1. The Morgan fingerprint density at radius 2 is 2.23 bits per heavy atom. The number of ether oxygens (including phenoxy) is 1. The predicted molar refractivity (Wildman–Crippen MR) is 89.0 cm³/mol. The van der Waals surface area contributed by atoms with E-state index in [1.165, 1.54) is 44.5 Å². The monoisotopic (exact) mass is 303 g/mol. The van der Waals surface area contributed by atoms with E-state index in [2.05, 4.69) is 41.2 Å². The van der Waals surface area contributed by atoms with E-state index in [0.29, 0.717) is 12.0 Å². The topological polar surface area (TPSA) is 37.4 Å². The van der Waals surface area contributed by atoms with Gasteiger partial charge in [0.1, 0.15) is 0 Å². The van der Waals surface area contributed by atoms with Gasteiger partial charge in [-0.05, 0) is 55.8 Å². The summed E-state index contributed by atoms with van der Waals surface area (Å²) in [6.07, 6.45) is 5.73. The molecule has 0 aromatic carbocycles. The molecule has 1 aromatic heterocycles. The fourth-order valence-corrected chi connectivity index (χ4v) is 3.20. The largest absolute Gasteiger partial charge is 0.477 e. The van der Waals surface area contributed by atoms with Gasteiger partial charge in [0.15, 0.2) is 0 Å². The highest BCUT2D eigenvalue weighted by Gasteiger charge is 2.25. The Balaban J connectivity index is 1.47. The molecule has 0 unspecified atom stereocenters. The van der Waals surface area contributed by atoms with Gasteiger partial charge in [-0.1, -0.05) is 13.8 Å². The van der Waals surface area contributed by atoms with Crippen molar-refractivity contribution in [3.63, 3.8) is 0 Å². The Labute approximate surface area is 134 Å². The number of rotatable bonds is 7. The highest BCUT2D eigenvalue weighted by Crippen LogP contribution is 2.29. The molecule has 2 fully saturated rings. The molecule has 1 aliphatic carbocycles. The van der Waals surface area contributed by atoms with Crippen LogP contribution in [-0.2, 0) is 6.54 Å². The average molecular weight is 303 g/mol. The number of aromatic nitrogens is 1. The van der Waals surface area contributed by atoms with Crippen LogP contribution in [0.2, 0.25) is 0 Å². The Hall–Kier alpha value is -1.13. The average Bonchev–Trinajstić information content (AvgIpc) is 3.36. The van der Waals surface area contributed by atoms with Crippen LogP contribution in [0, 0.1) is 11.8 Å². The van der Waals surface area contributed by atoms with Crippen LogP contribution in [0.3, 0.4) is 0 Å². The van der Waals surface area contributed by atoms with Crippen LogP contribution in [0.1, 0.15) is 38.7 Å². The minimum absolute atomic E-state index is 0.617. The summed E-state index contributed by atoms with van der Waals surface area (Å²) in [5, 5.41) is 3.73. The smallest absolute Gasteiger partial charge is 0.213 e. The number of piperidine rings is 1. The Kier molecular flexibility index (Phi) is 5.32. The number of likely N-dealkylation sites (tertiary alicyclic amines) is 1. The summed E-state index contributed by atoms with van der Waals surface area (Å²) in [5.41, 5.74) is 1.27. The molecular formula is C18H29N3O. The molecule has 2 heterocycles. The molecular weight excluding hydrogens is 274 g/mol. The Morgan fingerprint density at radius 3 is 2.95 bits per heavy atom. The van der Waals surface area contributed by atoms with Crippen LogP contribution in [0.4, 0.5) is 0 Å². The molecule has 1 aliphatic heterocycles. The van der Waals surface area contributed by atoms with Crippen molar-refractivity contribution in [3.05, 3.63) is 23.9 Å². The van der Waals surface area contributed by atoms with E-state index in [1.54, 1.807) is 0 Å². The van der Waals surface area contributed by atoms with Crippen LogP contribution >= 0.6 is 0 Å². The zero-order valence-corrected chi connectivity index (χ0v) is 13.9. The summed E-state index contributed by atoms with van der Waals surface area (Å²) in [6, 6.07) is 4.79. The van der Waals surface area contributed by atoms with Crippen LogP contribution in [-0.4, -0.2) is 42.2 Å². The second kappa shape index (κ2) is 7.42. The maximum absolute atomic E-state index is 5.77. The van der Waals surface area contributed by atoms with Crippen molar-refractivity contribution in [1.82, 2.24) is 15.2 Å². The zero-order valence-electron chi connectivity index (χ0n) is 13.9. The number of hydrogen-bond donors (Lipinski definition) is 1. The lowest BCUT2D eigenvalue weighted by Crippen LogP contribution is -2.47. The van der Waals surface area contributed by atoms with Gasteiger partial charge in [0.05, 0.1) is 6.61 Å². The van der Waals surface area contributed by atoms with Crippen LogP contribution in [0.15, 0.2) is 18.3 Å². The molecule has 122 valence electrons. The fraction of sp³-hybridized carbons (Fsp3) is 0.722. The fourth-order valence-electron chi connectivity index (χ4n) is 3.20. The van der Waals surface area contributed by atoms with E-state index >= 15 is 0 Å². The summed E-state index contributed by atoms with van der Waals surface area (Å²) < 4.78 is 5.77. The van der Waals surface area contributed by atoms with E-state index in [1.807, 2.05) is 6.20 Å². The van der Waals surface area contributed by atoms with Gasteiger partial charge in [-0.3, -0.25) is 0 Å². The van der Waals surface area contributed by atoms with Crippen molar-refractivity contribution < 1.29 is 4.74 Å². The van der Waals surface area contributed by atoms with Crippen molar-refractivity contribution >= 4 is 0 Å². The van der Waals surface area contributed by atoms with Crippen LogP contribution in [0.5, 0.6) is 5.88 Å². The minimum Gasteiger partial charge on any atom is -0.477 e. The highest BCUT2D eigenvalue weighted by atomic mass is 16.5. The normalized spacial score (nSPS) is 26.1. The molecule has 0 bridgehead atoms. The van der Waals surface area contributed by atoms with Gasteiger partial charge in [0, 0.05) is 31.4 Å². The van der Waals surface area contributed by atoms with E-state index in [9.17, 15) is 0 Å². The molecule has 0 radical (unpaired) electrons. The lowest BCUT2D eigenvalue weighted by Gasteiger charge is -2.36. The lowest BCUT2D eigenvalue weighted by atomic mass is 9.93. The lowest BCUT2D eigenvalue weighted by molar-refractivity contribution is 0.153. The maximum Gasteiger partial charge on any atom is 0.213 e. The maximum atomic E-state index is 5.77. The molecule has 1 saturated carbocycles. The first-order valence-electron chi connectivity index (χ1n) is 8.78. The first kappa shape index (κ1) is 15.8. The second-order valence-electron chi connectivity index (χ2n) is 6.90. The molecule has 22 heavy (non-hydrogen) atoms. The van der Waals surface area contributed by atoms with Gasteiger partial charge in [-0.15, -0.1) is 0 Å².